The zero-order chi connectivity index (χ0) is 13.7. The molecule has 0 aliphatic heterocycles. The van der Waals surface area contributed by atoms with Crippen molar-refractivity contribution < 1.29 is 13.9 Å². The first-order valence-corrected chi connectivity index (χ1v) is 6.12. The Hall–Kier alpha value is -2.07. The van der Waals surface area contributed by atoms with Gasteiger partial charge in [-0.2, -0.15) is 0 Å². The number of benzene rings is 2. The molecule has 0 aliphatic carbocycles. The molecule has 3 nitrogen and oxygen atoms in total. The van der Waals surface area contributed by atoms with Crippen LogP contribution in [-0.2, 0) is 6.54 Å². The van der Waals surface area contributed by atoms with Crippen LogP contribution in [0.25, 0.3) is 0 Å². The minimum absolute atomic E-state index is 0.226. The smallest absolute Gasteiger partial charge is 0.132 e. The van der Waals surface area contributed by atoms with E-state index in [1.807, 2.05) is 19.1 Å². The summed E-state index contributed by atoms with van der Waals surface area (Å²) in [7, 11) is 0. The predicted molar refractivity (Wildman–Crippen MR) is 72.0 cm³/mol. The number of hydrogen-bond acceptors (Lipinski definition) is 3. The quantitative estimate of drug-likeness (QED) is 0.896. The van der Waals surface area contributed by atoms with E-state index in [1.54, 1.807) is 18.2 Å². The van der Waals surface area contributed by atoms with Gasteiger partial charge in [0.25, 0.3) is 0 Å². The van der Waals surface area contributed by atoms with Crippen LogP contribution in [0.4, 0.5) is 4.39 Å². The molecule has 0 bridgehead atoms. The predicted octanol–water partition coefficient (Wildman–Crippen LogP) is 3.48. The summed E-state index contributed by atoms with van der Waals surface area (Å²) >= 11 is 0. The first kappa shape index (κ1) is 13.4. The number of hydrogen-bond donors (Lipinski definition) is 1. The highest BCUT2D eigenvalue weighted by atomic mass is 19.1. The van der Waals surface area contributed by atoms with E-state index in [0.717, 1.165) is 5.75 Å². The van der Waals surface area contributed by atoms with Gasteiger partial charge in [-0.05, 0) is 49.4 Å². The van der Waals surface area contributed by atoms with Gasteiger partial charge in [-0.1, -0.05) is 0 Å². The van der Waals surface area contributed by atoms with Crippen LogP contribution in [0.3, 0.4) is 0 Å². The van der Waals surface area contributed by atoms with Gasteiger partial charge in [0.1, 0.15) is 23.1 Å². The van der Waals surface area contributed by atoms with Crippen molar-refractivity contribution in [2.75, 3.05) is 6.61 Å². The Morgan fingerprint density at radius 1 is 1.05 bits per heavy atom. The van der Waals surface area contributed by atoms with Crippen molar-refractivity contribution >= 4 is 0 Å². The summed E-state index contributed by atoms with van der Waals surface area (Å²) in [6, 6.07) is 11.6. The van der Waals surface area contributed by atoms with Gasteiger partial charge in [-0.25, -0.2) is 4.39 Å². The molecular formula is C15H16FNO2. The van der Waals surface area contributed by atoms with E-state index in [1.165, 1.54) is 12.1 Å². The average molecular weight is 261 g/mol. The van der Waals surface area contributed by atoms with Crippen molar-refractivity contribution in [3.63, 3.8) is 0 Å². The molecule has 2 rings (SSSR count). The maximum Gasteiger partial charge on any atom is 0.132 e. The second-order valence-electron chi connectivity index (χ2n) is 3.96. The first-order valence-electron chi connectivity index (χ1n) is 6.12. The molecule has 0 saturated carbocycles. The van der Waals surface area contributed by atoms with Gasteiger partial charge in [0.05, 0.1) is 6.61 Å². The molecule has 0 aliphatic rings. The largest absolute Gasteiger partial charge is 0.494 e. The molecule has 4 heteroatoms. The van der Waals surface area contributed by atoms with Crippen LogP contribution in [0, 0.1) is 5.82 Å². The molecule has 100 valence electrons. The lowest BCUT2D eigenvalue weighted by Crippen LogP contribution is -2.00. The van der Waals surface area contributed by atoms with Crippen LogP contribution in [0.5, 0.6) is 17.2 Å². The Bertz CT molecular complexity index is 540. The standard InChI is InChI=1S/C15H16FNO2/c1-2-18-13-4-6-14(7-5-13)19-15-8-3-12(16)9-11(15)10-17/h3-9H,2,10,17H2,1H3. The SMILES string of the molecule is CCOc1ccc(Oc2ccc(F)cc2CN)cc1. The van der Waals surface area contributed by atoms with E-state index >= 15 is 0 Å². The van der Waals surface area contributed by atoms with Crippen molar-refractivity contribution in [2.24, 2.45) is 5.73 Å². The molecule has 0 aromatic heterocycles. The Kier molecular flexibility index (Phi) is 4.36. The fourth-order valence-electron chi connectivity index (χ4n) is 1.70. The molecule has 0 spiro atoms. The summed E-state index contributed by atoms with van der Waals surface area (Å²) in [5.74, 6) is 1.69. The van der Waals surface area contributed by atoms with Gasteiger partial charge in [-0.3, -0.25) is 0 Å². The van der Waals surface area contributed by atoms with E-state index in [-0.39, 0.29) is 12.4 Å². The third-order valence-electron chi connectivity index (χ3n) is 2.60. The summed E-state index contributed by atoms with van der Waals surface area (Å²) in [6.07, 6.45) is 0. The van der Waals surface area contributed by atoms with Crippen molar-refractivity contribution in [1.82, 2.24) is 0 Å². The van der Waals surface area contributed by atoms with Gasteiger partial charge in [0.2, 0.25) is 0 Å². The van der Waals surface area contributed by atoms with E-state index in [0.29, 0.717) is 23.7 Å². The molecule has 2 N–H and O–H groups in total. The molecule has 0 heterocycles. The van der Waals surface area contributed by atoms with Crippen LogP contribution >= 0.6 is 0 Å². The number of nitrogens with two attached hydrogens (primary N) is 1. The molecule has 0 atom stereocenters. The lowest BCUT2D eigenvalue weighted by atomic mass is 10.2. The van der Waals surface area contributed by atoms with Crippen molar-refractivity contribution in [3.05, 3.63) is 53.8 Å². The fourth-order valence-corrected chi connectivity index (χ4v) is 1.70. The molecule has 0 fully saturated rings. The summed E-state index contributed by atoms with van der Waals surface area (Å²) < 4.78 is 24.1. The molecule has 19 heavy (non-hydrogen) atoms. The van der Waals surface area contributed by atoms with Crippen LogP contribution in [0.2, 0.25) is 0 Å². The molecule has 0 radical (unpaired) electrons. The number of halogens is 1. The summed E-state index contributed by atoms with van der Waals surface area (Å²) in [6.45, 7) is 2.77. The summed E-state index contributed by atoms with van der Waals surface area (Å²) in [4.78, 5) is 0. The highest BCUT2D eigenvalue weighted by Gasteiger charge is 2.05. The van der Waals surface area contributed by atoms with E-state index in [2.05, 4.69) is 0 Å². The van der Waals surface area contributed by atoms with Crippen LogP contribution in [0.1, 0.15) is 12.5 Å². The molecule has 2 aromatic carbocycles. The molecule has 0 saturated heterocycles. The summed E-state index contributed by atoms with van der Waals surface area (Å²) in [5.41, 5.74) is 6.20. The normalized spacial score (nSPS) is 10.3. The van der Waals surface area contributed by atoms with Crippen molar-refractivity contribution in [3.8, 4) is 17.2 Å². The minimum Gasteiger partial charge on any atom is -0.494 e. The highest BCUT2D eigenvalue weighted by molar-refractivity contribution is 5.39. The Labute approximate surface area is 111 Å². The van der Waals surface area contributed by atoms with Gasteiger partial charge in [0, 0.05) is 12.1 Å². The van der Waals surface area contributed by atoms with Gasteiger partial charge in [-0.15, -0.1) is 0 Å². The summed E-state index contributed by atoms with van der Waals surface area (Å²) in [5, 5.41) is 0. The zero-order valence-corrected chi connectivity index (χ0v) is 10.7. The lowest BCUT2D eigenvalue weighted by molar-refractivity contribution is 0.339. The van der Waals surface area contributed by atoms with Gasteiger partial charge in [0.15, 0.2) is 0 Å². The average Bonchev–Trinajstić information content (AvgIpc) is 2.43. The second-order valence-corrected chi connectivity index (χ2v) is 3.96. The fraction of sp³-hybridized carbons (Fsp3) is 0.200. The van der Waals surface area contributed by atoms with Crippen LogP contribution < -0.4 is 15.2 Å². The Balaban J connectivity index is 2.16. The second kappa shape index (κ2) is 6.20. The number of rotatable bonds is 5. The maximum absolute atomic E-state index is 13.1. The van der Waals surface area contributed by atoms with Crippen molar-refractivity contribution in [2.45, 2.75) is 13.5 Å². The topological polar surface area (TPSA) is 44.5 Å². The van der Waals surface area contributed by atoms with E-state index in [9.17, 15) is 4.39 Å². The van der Waals surface area contributed by atoms with E-state index < -0.39 is 0 Å². The van der Waals surface area contributed by atoms with Crippen LogP contribution in [-0.4, -0.2) is 6.61 Å². The Morgan fingerprint density at radius 2 is 1.74 bits per heavy atom. The third kappa shape index (κ3) is 3.45. The van der Waals surface area contributed by atoms with Crippen LogP contribution in [0.15, 0.2) is 42.5 Å². The molecule has 0 unspecified atom stereocenters. The Morgan fingerprint density at radius 3 is 2.37 bits per heavy atom. The number of ether oxygens (including phenoxy) is 2. The first-order chi connectivity index (χ1) is 9.22. The lowest BCUT2D eigenvalue weighted by Gasteiger charge is -2.10. The van der Waals surface area contributed by atoms with E-state index in [4.69, 9.17) is 15.2 Å². The molecular weight excluding hydrogens is 245 g/mol. The van der Waals surface area contributed by atoms with Gasteiger partial charge < -0.3 is 15.2 Å². The minimum atomic E-state index is -0.320. The molecule has 2 aromatic rings. The van der Waals surface area contributed by atoms with Gasteiger partial charge >= 0.3 is 0 Å². The third-order valence-corrected chi connectivity index (χ3v) is 2.60. The van der Waals surface area contributed by atoms with Crippen molar-refractivity contribution in [1.29, 1.82) is 0 Å². The highest BCUT2D eigenvalue weighted by Crippen LogP contribution is 2.27. The molecule has 0 amide bonds. The monoisotopic (exact) mass is 261 g/mol. The maximum atomic E-state index is 13.1. The zero-order valence-electron chi connectivity index (χ0n) is 10.7.